The summed E-state index contributed by atoms with van der Waals surface area (Å²) >= 11 is 11.7. The van der Waals surface area contributed by atoms with E-state index in [0.29, 0.717) is 22.2 Å². The van der Waals surface area contributed by atoms with E-state index in [-0.39, 0.29) is 22.8 Å². The molecular weight excluding hydrogens is 337 g/mol. The monoisotopic (exact) mass is 345 g/mol. The second-order valence-electron chi connectivity index (χ2n) is 3.60. The largest absolute Gasteiger partial charge is 1.00 e. The molecule has 0 amide bonds. The molecular formula is C13H10BrCl2NO. The molecule has 0 N–H and O–H groups in total. The van der Waals surface area contributed by atoms with Crippen molar-refractivity contribution in [2.45, 2.75) is 6.54 Å². The summed E-state index contributed by atoms with van der Waals surface area (Å²) in [6.45, 7) is 0.290. The number of nitrogens with zero attached hydrogens (tertiary/aromatic N) is 1. The topological polar surface area (TPSA) is 20.9 Å². The number of pyridine rings is 1. The lowest BCUT2D eigenvalue weighted by Gasteiger charge is -2.00. The Morgan fingerprint density at radius 3 is 2.33 bits per heavy atom. The van der Waals surface area contributed by atoms with Crippen LogP contribution in [0.15, 0.2) is 48.8 Å². The highest BCUT2D eigenvalue weighted by molar-refractivity contribution is 6.42. The molecule has 0 unspecified atom stereocenters. The molecule has 1 heterocycles. The summed E-state index contributed by atoms with van der Waals surface area (Å²) in [5, 5.41) is 0.853. The van der Waals surface area contributed by atoms with Gasteiger partial charge in [0.1, 0.15) is 0 Å². The summed E-state index contributed by atoms with van der Waals surface area (Å²) < 4.78 is 1.81. The first-order valence-corrected chi connectivity index (χ1v) is 5.85. The molecule has 2 rings (SSSR count). The highest BCUT2D eigenvalue weighted by Crippen LogP contribution is 2.22. The second-order valence-corrected chi connectivity index (χ2v) is 4.41. The van der Waals surface area contributed by atoms with Gasteiger partial charge in [-0.15, -0.1) is 0 Å². The number of carbonyl (C=O) groups is 1. The standard InChI is InChI=1S/C13H10Cl2NO.BrH/c14-11-5-4-10(8-12(11)15)13(17)9-16-6-2-1-3-7-16;/h1-8H,9H2;1H/q+1;/p-1. The molecule has 0 bridgehead atoms. The first-order chi connectivity index (χ1) is 8.16. The van der Waals surface area contributed by atoms with Gasteiger partial charge in [-0.2, -0.15) is 4.57 Å². The molecule has 1 aromatic heterocycles. The van der Waals surface area contributed by atoms with Crippen LogP contribution in [0.5, 0.6) is 0 Å². The molecule has 18 heavy (non-hydrogen) atoms. The third kappa shape index (κ3) is 3.80. The van der Waals surface area contributed by atoms with Gasteiger partial charge in [0, 0.05) is 17.7 Å². The van der Waals surface area contributed by atoms with E-state index in [4.69, 9.17) is 23.2 Å². The predicted molar refractivity (Wildman–Crippen MR) is 67.4 cm³/mol. The Kier molecular flexibility index (Phi) is 5.79. The fraction of sp³-hybridized carbons (Fsp3) is 0.0769. The van der Waals surface area contributed by atoms with Crippen molar-refractivity contribution in [3.63, 3.8) is 0 Å². The van der Waals surface area contributed by atoms with Crippen molar-refractivity contribution < 1.29 is 26.3 Å². The molecule has 0 aliphatic carbocycles. The number of Topliss-reactive ketones (excluding diaryl/α,β-unsaturated/α-hetero) is 1. The molecule has 0 saturated heterocycles. The van der Waals surface area contributed by atoms with Crippen LogP contribution in [0.4, 0.5) is 0 Å². The average molecular weight is 347 g/mol. The van der Waals surface area contributed by atoms with Gasteiger partial charge in [-0.05, 0) is 18.2 Å². The lowest BCUT2D eigenvalue weighted by molar-refractivity contribution is -0.683. The van der Waals surface area contributed by atoms with Crippen LogP contribution in [0, 0.1) is 0 Å². The Morgan fingerprint density at radius 1 is 1.06 bits per heavy atom. The molecule has 0 saturated carbocycles. The minimum atomic E-state index is -0.000216. The highest BCUT2D eigenvalue weighted by atomic mass is 79.9. The van der Waals surface area contributed by atoms with Crippen molar-refractivity contribution in [3.05, 3.63) is 64.4 Å². The predicted octanol–water partition coefficient (Wildman–Crippen LogP) is 0.168. The van der Waals surface area contributed by atoms with Crippen LogP contribution in [-0.2, 0) is 6.54 Å². The van der Waals surface area contributed by atoms with Gasteiger partial charge in [0.15, 0.2) is 12.4 Å². The Balaban J connectivity index is 0.00000162. The number of carbonyl (C=O) groups excluding carboxylic acids is 1. The van der Waals surface area contributed by atoms with E-state index in [9.17, 15) is 4.79 Å². The number of ketones is 1. The summed E-state index contributed by atoms with van der Waals surface area (Å²) in [6.07, 6.45) is 3.69. The fourth-order valence-corrected chi connectivity index (χ4v) is 1.76. The summed E-state index contributed by atoms with van der Waals surface area (Å²) in [4.78, 5) is 12.0. The molecule has 0 aliphatic heterocycles. The van der Waals surface area contributed by atoms with Crippen molar-refractivity contribution in [1.29, 1.82) is 0 Å². The maximum Gasteiger partial charge on any atom is 0.227 e. The SMILES string of the molecule is O=C(C[n+]1ccccc1)c1ccc(Cl)c(Cl)c1.[Br-]. The van der Waals surface area contributed by atoms with Gasteiger partial charge < -0.3 is 17.0 Å². The molecule has 5 heteroatoms. The van der Waals surface area contributed by atoms with E-state index >= 15 is 0 Å². The average Bonchev–Trinajstić information content (AvgIpc) is 2.34. The quantitative estimate of drug-likeness (QED) is 0.573. The van der Waals surface area contributed by atoms with Gasteiger partial charge in [0.05, 0.1) is 10.0 Å². The molecule has 0 fully saturated rings. The van der Waals surface area contributed by atoms with Gasteiger partial charge in [-0.3, -0.25) is 4.79 Å². The molecule has 0 radical (unpaired) electrons. The number of hydrogen-bond donors (Lipinski definition) is 0. The Morgan fingerprint density at radius 2 is 1.72 bits per heavy atom. The van der Waals surface area contributed by atoms with Gasteiger partial charge in [-0.25, -0.2) is 0 Å². The van der Waals surface area contributed by atoms with Crippen molar-refractivity contribution >= 4 is 29.0 Å². The Labute approximate surface area is 126 Å². The molecule has 0 spiro atoms. The maximum atomic E-state index is 12.0. The van der Waals surface area contributed by atoms with Crippen LogP contribution in [0.1, 0.15) is 10.4 Å². The molecule has 2 nitrogen and oxygen atoms in total. The van der Waals surface area contributed by atoms with Crippen LogP contribution in [-0.4, -0.2) is 5.78 Å². The van der Waals surface area contributed by atoms with E-state index in [1.165, 1.54) is 0 Å². The minimum Gasteiger partial charge on any atom is -1.00 e. The molecule has 0 atom stereocenters. The van der Waals surface area contributed by atoms with E-state index < -0.39 is 0 Å². The van der Waals surface area contributed by atoms with Crippen molar-refractivity contribution in [3.8, 4) is 0 Å². The lowest BCUT2D eigenvalue weighted by Crippen LogP contribution is -3.00. The van der Waals surface area contributed by atoms with Crippen LogP contribution >= 0.6 is 23.2 Å². The molecule has 0 aliphatic rings. The summed E-state index contributed by atoms with van der Waals surface area (Å²) in [5.41, 5.74) is 0.566. The normalized spacial score (nSPS) is 9.67. The smallest absolute Gasteiger partial charge is 0.227 e. The van der Waals surface area contributed by atoms with Gasteiger partial charge >= 0.3 is 0 Å². The van der Waals surface area contributed by atoms with E-state index in [1.54, 1.807) is 18.2 Å². The second kappa shape index (κ2) is 6.88. The number of aromatic nitrogens is 1. The van der Waals surface area contributed by atoms with Gasteiger partial charge in [0.2, 0.25) is 12.3 Å². The van der Waals surface area contributed by atoms with Crippen LogP contribution in [0.3, 0.4) is 0 Å². The summed E-state index contributed by atoms with van der Waals surface area (Å²) in [6, 6.07) is 10.6. The minimum absolute atomic E-state index is 0. The highest BCUT2D eigenvalue weighted by Gasteiger charge is 2.12. The third-order valence-electron chi connectivity index (χ3n) is 2.35. The zero-order valence-electron chi connectivity index (χ0n) is 9.32. The van der Waals surface area contributed by atoms with Crippen molar-refractivity contribution in [2.75, 3.05) is 0 Å². The number of rotatable bonds is 3. The number of halogens is 3. The van der Waals surface area contributed by atoms with E-state index in [0.717, 1.165) is 0 Å². The Hall–Kier alpha value is -0.900. The van der Waals surface area contributed by atoms with Crippen molar-refractivity contribution in [2.24, 2.45) is 0 Å². The number of benzene rings is 1. The third-order valence-corrected chi connectivity index (χ3v) is 3.08. The summed E-state index contributed by atoms with van der Waals surface area (Å²) in [5.74, 6) is -0.000216. The first kappa shape index (κ1) is 15.2. The number of hydrogen-bond acceptors (Lipinski definition) is 1. The zero-order valence-corrected chi connectivity index (χ0v) is 12.4. The molecule has 94 valence electrons. The first-order valence-electron chi connectivity index (χ1n) is 5.09. The molecule has 2 aromatic rings. The van der Waals surface area contributed by atoms with Gasteiger partial charge in [0.25, 0.3) is 0 Å². The molecule has 1 aromatic carbocycles. The zero-order chi connectivity index (χ0) is 12.3. The Bertz CT molecular complexity index is 546. The summed E-state index contributed by atoms with van der Waals surface area (Å²) in [7, 11) is 0. The van der Waals surface area contributed by atoms with Crippen molar-refractivity contribution in [1.82, 2.24) is 0 Å². The van der Waals surface area contributed by atoms with Crippen LogP contribution in [0.25, 0.3) is 0 Å². The van der Waals surface area contributed by atoms with Gasteiger partial charge in [-0.1, -0.05) is 29.3 Å². The maximum absolute atomic E-state index is 12.0. The lowest BCUT2D eigenvalue weighted by atomic mass is 10.1. The van der Waals surface area contributed by atoms with E-state index in [1.807, 2.05) is 35.2 Å². The fourth-order valence-electron chi connectivity index (χ4n) is 1.47. The van der Waals surface area contributed by atoms with Crippen LogP contribution < -0.4 is 21.5 Å². The van der Waals surface area contributed by atoms with Crippen LogP contribution in [0.2, 0.25) is 10.0 Å². The van der Waals surface area contributed by atoms with E-state index in [2.05, 4.69) is 0 Å².